The third-order valence-corrected chi connectivity index (χ3v) is 3.67. The standard InChI is InChI=1S/C12H24N2O2/c15-12-4-2-1-3-11(12)13-5-6-14-7-9-16-10-8-14/h11-13,15H,1-10H2. The molecule has 0 aromatic carbocycles. The number of aliphatic hydroxyl groups is 1. The molecule has 1 aliphatic heterocycles. The van der Waals surface area contributed by atoms with Crippen molar-refractivity contribution in [2.45, 2.75) is 37.8 Å². The van der Waals surface area contributed by atoms with Gasteiger partial charge in [-0.2, -0.15) is 0 Å². The Morgan fingerprint density at radius 2 is 1.94 bits per heavy atom. The zero-order valence-corrected chi connectivity index (χ0v) is 10.0. The minimum absolute atomic E-state index is 0.126. The molecule has 2 unspecified atom stereocenters. The van der Waals surface area contributed by atoms with Crippen molar-refractivity contribution in [1.82, 2.24) is 10.2 Å². The van der Waals surface area contributed by atoms with E-state index >= 15 is 0 Å². The molecule has 0 bridgehead atoms. The lowest BCUT2D eigenvalue weighted by Crippen LogP contribution is -2.46. The number of hydrogen-bond acceptors (Lipinski definition) is 4. The molecule has 2 atom stereocenters. The summed E-state index contributed by atoms with van der Waals surface area (Å²) in [4.78, 5) is 2.42. The first-order valence-corrected chi connectivity index (χ1v) is 6.58. The number of rotatable bonds is 4. The number of nitrogens with zero attached hydrogens (tertiary/aromatic N) is 1. The van der Waals surface area contributed by atoms with E-state index in [1.165, 1.54) is 12.8 Å². The summed E-state index contributed by atoms with van der Waals surface area (Å²) < 4.78 is 5.31. The quantitative estimate of drug-likeness (QED) is 0.722. The fourth-order valence-electron chi connectivity index (χ4n) is 2.58. The second kappa shape index (κ2) is 6.55. The largest absolute Gasteiger partial charge is 0.392 e. The van der Waals surface area contributed by atoms with Gasteiger partial charge in [0.2, 0.25) is 0 Å². The Morgan fingerprint density at radius 3 is 2.69 bits per heavy atom. The summed E-state index contributed by atoms with van der Waals surface area (Å²) >= 11 is 0. The minimum atomic E-state index is -0.126. The third-order valence-electron chi connectivity index (χ3n) is 3.67. The van der Waals surface area contributed by atoms with E-state index in [0.717, 1.165) is 52.2 Å². The molecule has 1 heterocycles. The topological polar surface area (TPSA) is 44.7 Å². The van der Waals surface area contributed by atoms with Crippen LogP contribution < -0.4 is 5.32 Å². The fraction of sp³-hybridized carbons (Fsp3) is 1.00. The van der Waals surface area contributed by atoms with Crippen LogP contribution in [-0.4, -0.2) is 61.5 Å². The second-order valence-corrected chi connectivity index (χ2v) is 4.87. The normalized spacial score (nSPS) is 32.8. The lowest BCUT2D eigenvalue weighted by molar-refractivity contribution is 0.0358. The smallest absolute Gasteiger partial charge is 0.0693 e. The van der Waals surface area contributed by atoms with Gasteiger partial charge in [-0.1, -0.05) is 12.8 Å². The zero-order valence-electron chi connectivity index (χ0n) is 10.0. The van der Waals surface area contributed by atoms with Gasteiger partial charge in [-0.3, -0.25) is 4.90 Å². The van der Waals surface area contributed by atoms with Gasteiger partial charge in [0.1, 0.15) is 0 Å². The van der Waals surface area contributed by atoms with Crippen molar-refractivity contribution < 1.29 is 9.84 Å². The Bertz CT molecular complexity index is 195. The molecule has 2 aliphatic rings. The molecule has 4 heteroatoms. The maximum atomic E-state index is 9.81. The van der Waals surface area contributed by atoms with E-state index < -0.39 is 0 Å². The van der Waals surface area contributed by atoms with Crippen molar-refractivity contribution in [1.29, 1.82) is 0 Å². The van der Waals surface area contributed by atoms with E-state index in [1.807, 2.05) is 0 Å². The van der Waals surface area contributed by atoms with Gasteiger partial charge < -0.3 is 15.2 Å². The Hall–Kier alpha value is -0.160. The van der Waals surface area contributed by atoms with Crippen LogP contribution >= 0.6 is 0 Å². The number of ether oxygens (including phenoxy) is 1. The predicted octanol–water partition coefficient (Wildman–Crippen LogP) is 0.212. The summed E-state index contributed by atoms with van der Waals surface area (Å²) in [7, 11) is 0. The van der Waals surface area contributed by atoms with Crippen LogP contribution in [-0.2, 0) is 4.74 Å². The van der Waals surface area contributed by atoms with Crippen LogP contribution in [0.3, 0.4) is 0 Å². The summed E-state index contributed by atoms with van der Waals surface area (Å²) in [6.45, 7) is 5.90. The summed E-state index contributed by atoms with van der Waals surface area (Å²) in [5.74, 6) is 0. The molecule has 16 heavy (non-hydrogen) atoms. The Balaban J connectivity index is 1.59. The van der Waals surface area contributed by atoms with Gasteiger partial charge in [-0.05, 0) is 12.8 Å². The first-order chi connectivity index (χ1) is 7.86. The molecule has 0 spiro atoms. The van der Waals surface area contributed by atoms with Crippen molar-refractivity contribution in [2.75, 3.05) is 39.4 Å². The molecule has 1 aliphatic carbocycles. The average Bonchev–Trinajstić information content (AvgIpc) is 2.33. The minimum Gasteiger partial charge on any atom is -0.392 e. The van der Waals surface area contributed by atoms with E-state index in [2.05, 4.69) is 10.2 Å². The molecule has 0 aromatic rings. The lowest BCUT2D eigenvalue weighted by Gasteiger charge is -2.31. The Labute approximate surface area is 98.0 Å². The van der Waals surface area contributed by atoms with Crippen molar-refractivity contribution in [3.05, 3.63) is 0 Å². The van der Waals surface area contributed by atoms with Crippen LogP contribution in [0, 0.1) is 0 Å². The predicted molar refractivity (Wildman–Crippen MR) is 63.5 cm³/mol. The first-order valence-electron chi connectivity index (χ1n) is 6.58. The van der Waals surface area contributed by atoms with Crippen LogP contribution in [0.2, 0.25) is 0 Å². The van der Waals surface area contributed by atoms with Crippen LogP contribution in [0.15, 0.2) is 0 Å². The maximum absolute atomic E-state index is 9.81. The lowest BCUT2D eigenvalue weighted by atomic mass is 9.93. The van der Waals surface area contributed by atoms with Crippen LogP contribution in [0.1, 0.15) is 25.7 Å². The van der Waals surface area contributed by atoms with Gasteiger partial charge in [-0.25, -0.2) is 0 Å². The van der Waals surface area contributed by atoms with Crippen LogP contribution in [0.5, 0.6) is 0 Å². The number of hydrogen-bond donors (Lipinski definition) is 2. The SMILES string of the molecule is OC1CCCCC1NCCN1CCOCC1. The van der Waals surface area contributed by atoms with Gasteiger partial charge in [0, 0.05) is 32.2 Å². The highest BCUT2D eigenvalue weighted by molar-refractivity contribution is 4.80. The second-order valence-electron chi connectivity index (χ2n) is 4.87. The summed E-state index contributed by atoms with van der Waals surface area (Å²) in [6, 6.07) is 0.329. The van der Waals surface area contributed by atoms with Crippen LogP contribution in [0.25, 0.3) is 0 Å². The molecule has 1 saturated carbocycles. The number of nitrogens with one attached hydrogen (secondary N) is 1. The maximum Gasteiger partial charge on any atom is 0.0693 e. The van der Waals surface area contributed by atoms with Crippen molar-refractivity contribution in [2.24, 2.45) is 0 Å². The summed E-state index contributed by atoms with van der Waals surface area (Å²) in [6.07, 6.45) is 4.41. The molecule has 0 aromatic heterocycles. The van der Waals surface area contributed by atoms with E-state index in [9.17, 15) is 5.11 Å². The monoisotopic (exact) mass is 228 g/mol. The molecule has 2 fully saturated rings. The molecule has 0 radical (unpaired) electrons. The number of aliphatic hydroxyl groups excluding tert-OH is 1. The summed E-state index contributed by atoms with van der Waals surface area (Å²) in [5.41, 5.74) is 0. The van der Waals surface area contributed by atoms with E-state index in [0.29, 0.717) is 6.04 Å². The highest BCUT2D eigenvalue weighted by atomic mass is 16.5. The summed E-state index contributed by atoms with van der Waals surface area (Å²) in [5, 5.41) is 13.3. The number of morpholine rings is 1. The molecule has 4 nitrogen and oxygen atoms in total. The molecule has 1 saturated heterocycles. The molecule has 0 amide bonds. The van der Waals surface area contributed by atoms with Gasteiger partial charge in [0.25, 0.3) is 0 Å². The third kappa shape index (κ3) is 3.70. The van der Waals surface area contributed by atoms with Gasteiger partial charge >= 0.3 is 0 Å². The van der Waals surface area contributed by atoms with Crippen molar-refractivity contribution >= 4 is 0 Å². The van der Waals surface area contributed by atoms with Gasteiger partial charge in [0.05, 0.1) is 19.3 Å². The van der Waals surface area contributed by atoms with Crippen molar-refractivity contribution in [3.63, 3.8) is 0 Å². The highest BCUT2D eigenvalue weighted by Crippen LogP contribution is 2.17. The molecule has 94 valence electrons. The zero-order chi connectivity index (χ0) is 11.2. The molecular formula is C12H24N2O2. The van der Waals surface area contributed by atoms with Crippen molar-refractivity contribution in [3.8, 4) is 0 Å². The van der Waals surface area contributed by atoms with Gasteiger partial charge in [-0.15, -0.1) is 0 Å². The first kappa shape index (κ1) is 12.3. The average molecular weight is 228 g/mol. The molecular weight excluding hydrogens is 204 g/mol. The Morgan fingerprint density at radius 1 is 1.19 bits per heavy atom. The fourth-order valence-corrected chi connectivity index (χ4v) is 2.58. The highest BCUT2D eigenvalue weighted by Gasteiger charge is 2.22. The molecule has 2 rings (SSSR count). The van der Waals surface area contributed by atoms with E-state index in [1.54, 1.807) is 0 Å². The van der Waals surface area contributed by atoms with Gasteiger partial charge in [0.15, 0.2) is 0 Å². The van der Waals surface area contributed by atoms with Crippen LogP contribution in [0.4, 0.5) is 0 Å². The van der Waals surface area contributed by atoms with E-state index in [-0.39, 0.29) is 6.10 Å². The van der Waals surface area contributed by atoms with E-state index in [4.69, 9.17) is 4.74 Å². The molecule has 2 N–H and O–H groups in total. The Kier molecular flexibility index (Phi) is 5.03.